The Balaban J connectivity index is 1.88. The maximum Gasteiger partial charge on any atom is 0.123 e. The predicted molar refractivity (Wildman–Crippen MR) is 106 cm³/mol. The Bertz CT molecular complexity index is 1030. The molecule has 3 rings (SSSR count). The van der Waals surface area contributed by atoms with Gasteiger partial charge in [-0.15, -0.1) is 0 Å². The average molecular weight is 382 g/mol. The molecule has 0 amide bonds. The van der Waals surface area contributed by atoms with Crippen molar-refractivity contribution >= 4 is 10.9 Å². The van der Waals surface area contributed by atoms with Crippen LogP contribution in [-0.2, 0) is 11.8 Å². The van der Waals surface area contributed by atoms with Crippen molar-refractivity contribution in [1.29, 1.82) is 5.26 Å². The number of fused-ring (bicyclic) bond motifs is 1. The van der Waals surface area contributed by atoms with Gasteiger partial charge in [0.2, 0.25) is 0 Å². The molecule has 3 aromatic rings. The number of aromatic amines is 1. The molecule has 3 nitrogen and oxygen atoms in total. The zero-order chi connectivity index (χ0) is 20.5. The summed E-state index contributed by atoms with van der Waals surface area (Å²) in [5, 5.41) is 21.1. The number of rotatable bonds is 6. The molecule has 0 aliphatic rings. The molecule has 2 aromatic carbocycles. The quantitative estimate of drug-likeness (QED) is 0.623. The summed E-state index contributed by atoms with van der Waals surface area (Å²) in [7, 11) is 0. The van der Waals surface area contributed by atoms with Crippen LogP contribution in [0.2, 0.25) is 0 Å². The number of halogens is 2. The fourth-order valence-corrected chi connectivity index (χ4v) is 3.97. The monoisotopic (exact) mass is 382 g/mol. The van der Waals surface area contributed by atoms with E-state index in [0.717, 1.165) is 22.0 Å². The van der Waals surface area contributed by atoms with E-state index in [0.29, 0.717) is 11.3 Å². The second-order valence-electron chi connectivity index (χ2n) is 8.26. The lowest BCUT2D eigenvalue weighted by atomic mass is 9.74. The molecular formula is C23H24F2N2O. The minimum atomic E-state index is -1.56. The van der Waals surface area contributed by atoms with E-state index in [9.17, 15) is 13.9 Å². The number of aliphatic hydroxyl groups is 1. The Morgan fingerprint density at radius 3 is 2.43 bits per heavy atom. The van der Waals surface area contributed by atoms with Crippen LogP contribution < -0.4 is 0 Å². The summed E-state index contributed by atoms with van der Waals surface area (Å²) in [6, 6.07) is 13.7. The largest absolute Gasteiger partial charge is 0.387 e. The normalized spacial score (nSPS) is 14.0. The van der Waals surface area contributed by atoms with Gasteiger partial charge in [0.25, 0.3) is 0 Å². The molecule has 1 aromatic heterocycles. The van der Waals surface area contributed by atoms with Crippen LogP contribution in [0.25, 0.3) is 10.9 Å². The highest BCUT2D eigenvalue weighted by atomic mass is 19.1. The van der Waals surface area contributed by atoms with E-state index in [4.69, 9.17) is 5.26 Å². The lowest BCUT2D eigenvalue weighted by Gasteiger charge is -2.35. The zero-order valence-corrected chi connectivity index (χ0v) is 16.3. The van der Waals surface area contributed by atoms with Crippen LogP contribution in [0.4, 0.5) is 8.78 Å². The van der Waals surface area contributed by atoms with Crippen molar-refractivity contribution in [3.63, 3.8) is 0 Å². The predicted octanol–water partition coefficient (Wildman–Crippen LogP) is 5.10. The minimum Gasteiger partial charge on any atom is -0.387 e. The molecule has 0 saturated heterocycles. The fraction of sp³-hybridized carbons (Fsp3) is 0.348. The average Bonchev–Trinajstić information content (AvgIpc) is 3.04. The highest BCUT2D eigenvalue weighted by Gasteiger charge is 2.36. The number of nitrogens with zero attached hydrogens (tertiary/aromatic N) is 1. The highest BCUT2D eigenvalue weighted by Crippen LogP contribution is 2.35. The van der Waals surface area contributed by atoms with E-state index >= 15 is 0 Å². The third-order valence-corrected chi connectivity index (χ3v) is 5.29. The second-order valence-corrected chi connectivity index (χ2v) is 8.26. The van der Waals surface area contributed by atoms with Crippen LogP contribution in [0.3, 0.4) is 0 Å². The maximum absolute atomic E-state index is 13.9. The van der Waals surface area contributed by atoms with Gasteiger partial charge >= 0.3 is 0 Å². The number of alkyl halides is 1. The summed E-state index contributed by atoms with van der Waals surface area (Å²) in [5.74, 6) is -0.328. The molecule has 0 aliphatic heterocycles. The van der Waals surface area contributed by atoms with Gasteiger partial charge in [-0.2, -0.15) is 5.26 Å². The van der Waals surface area contributed by atoms with Crippen molar-refractivity contribution in [2.24, 2.45) is 0 Å². The Morgan fingerprint density at radius 2 is 1.82 bits per heavy atom. The molecule has 1 heterocycles. The van der Waals surface area contributed by atoms with Gasteiger partial charge in [-0.1, -0.05) is 26.0 Å². The molecule has 0 saturated carbocycles. The molecule has 0 aliphatic carbocycles. The van der Waals surface area contributed by atoms with E-state index in [1.54, 1.807) is 24.3 Å². The van der Waals surface area contributed by atoms with E-state index in [2.05, 4.69) is 11.1 Å². The van der Waals surface area contributed by atoms with Crippen LogP contribution in [0.1, 0.15) is 42.7 Å². The van der Waals surface area contributed by atoms with E-state index in [1.807, 2.05) is 26.8 Å². The first-order valence-electron chi connectivity index (χ1n) is 9.22. The lowest BCUT2D eigenvalue weighted by Crippen LogP contribution is -2.40. The van der Waals surface area contributed by atoms with Crippen molar-refractivity contribution in [2.75, 3.05) is 6.67 Å². The zero-order valence-electron chi connectivity index (χ0n) is 16.3. The second kappa shape index (κ2) is 7.37. The number of hydrogen-bond donors (Lipinski definition) is 2. The van der Waals surface area contributed by atoms with E-state index in [1.165, 1.54) is 12.1 Å². The Kier molecular flexibility index (Phi) is 5.27. The summed E-state index contributed by atoms with van der Waals surface area (Å²) in [6.45, 7) is 4.85. The molecular weight excluding hydrogens is 358 g/mol. The van der Waals surface area contributed by atoms with Gasteiger partial charge in [0.15, 0.2) is 0 Å². The smallest absolute Gasteiger partial charge is 0.123 e. The Labute approximate surface area is 163 Å². The van der Waals surface area contributed by atoms with Gasteiger partial charge in [0.05, 0.1) is 17.2 Å². The molecule has 0 fully saturated rings. The first-order valence-corrected chi connectivity index (χ1v) is 9.22. The van der Waals surface area contributed by atoms with Crippen LogP contribution in [-0.4, -0.2) is 22.4 Å². The molecule has 2 N–H and O–H groups in total. The first kappa shape index (κ1) is 20.0. The van der Waals surface area contributed by atoms with Crippen LogP contribution >= 0.6 is 0 Å². The van der Waals surface area contributed by atoms with Crippen molar-refractivity contribution in [3.8, 4) is 6.07 Å². The first-order chi connectivity index (χ1) is 13.2. The third kappa shape index (κ3) is 4.07. The van der Waals surface area contributed by atoms with Gasteiger partial charge in [0.1, 0.15) is 12.5 Å². The lowest BCUT2D eigenvalue weighted by molar-refractivity contribution is -0.00923. The molecule has 1 unspecified atom stereocenters. The molecule has 0 spiro atoms. The van der Waals surface area contributed by atoms with E-state index in [-0.39, 0.29) is 18.7 Å². The van der Waals surface area contributed by atoms with Gasteiger partial charge < -0.3 is 10.1 Å². The third-order valence-electron chi connectivity index (χ3n) is 5.29. The number of hydrogen-bond acceptors (Lipinski definition) is 2. The summed E-state index contributed by atoms with van der Waals surface area (Å²) in [4.78, 5) is 3.21. The standard InChI is InChI=1S/C23H24F2N2O/c1-15-8-16(12-26)9-21-20(15)10-19(27-21)11-23(28,14-24)13-22(2,3)17-4-6-18(25)7-5-17/h4-10,27-28H,11,13-14H2,1-3H3. The number of aryl methyl sites for hydroxylation is 1. The van der Waals surface area contributed by atoms with Crippen LogP contribution in [0, 0.1) is 24.1 Å². The topological polar surface area (TPSA) is 59.8 Å². The molecule has 5 heteroatoms. The highest BCUT2D eigenvalue weighted by molar-refractivity contribution is 5.85. The summed E-state index contributed by atoms with van der Waals surface area (Å²) >= 11 is 0. The van der Waals surface area contributed by atoms with Crippen molar-refractivity contribution in [1.82, 2.24) is 4.98 Å². The van der Waals surface area contributed by atoms with Crippen molar-refractivity contribution < 1.29 is 13.9 Å². The number of aromatic nitrogens is 1. The number of nitrogens with one attached hydrogen (secondary N) is 1. The molecule has 0 radical (unpaired) electrons. The maximum atomic E-state index is 13.9. The minimum absolute atomic E-state index is 0.115. The Hall–Kier alpha value is -2.71. The molecule has 146 valence electrons. The van der Waals surface area contributed by atoms with Crippen molar-refractivity contribution in [3.05, 3.63) is 70.7 Å². The number of benzene rings is 2. The van der Waals surface area contributed by atoms with Gasteiger partial charge in [0, 0.05) is 23.0 Å². The Morgan fingerprint density at radius 1 is 1.14 bits per heavy atom. The van der Waals surface area contributed by atoms with Crippen LogP contribution in [0.15, 0.2) is 42.5 Å². The van der Waals surface area contributed by atoms with Gasteiger partial charge in [-0.3, -0.25) is 0 Å². The van der Waals surface area contributed by atoms with Crippen molar-refractivity contribution in [2.45, 2.75) is 44.6 Å². The fourth-order valence-electron chi connectivity index (χ4n) is 3.97. The van der Waals surface area contributed by atoms with E-state index < -0.39 is 17.7 Å². The van der Waals surface area contributed by atoms with Gasteiger partial charge in [-0.05, 0) is 60.2 Å². The molecule has 0 bridgehead atoms. The number of H-pyrrole nitrogens is 1. The summed E-state index contributed by atoms with van der Waals surface area (Å²) in [6.07, 6.45) is 0.296. The SMILES string of the molecule is Cc1cc(C#N)cc2[nH]c(CC(O)(CF)CC(C)(C)c3ccc(F)cc3)cc12. The number of nitriles is 1. The molecule has 28 heavy (non-hydrogen) atoms. The van der Waals surface area contributed by atoms with Gasteiger partial charge in [-0.25, -0.2) is 8.78 Å². The summed E-state index contributed by atoms with van der Waals surface area (Å²) < 4.78 is 27.1. The van der Waals surface area contributed by atoms with Crippen LogP contribution in [0.5, 0.6) is 0 Å². The molecule has 1 atom stereocenters. The summed E-state index contributed by atoms with van der Waals surface area (Å²) in [5.41, 5.74) is 1.75.